The van der Waals surface area contributed by atoms with E-state index in [2.05, 4.69) is 54.5 Å². The Morgan fingerprint density at radius 3 is 1.87 bits per heavy atom. The first kappa shape index (κ1) is 60.9. The minimum absolute atomic E-state index is 0.0223. The van der Waals surface area contributed by atoms with Crippen LogP contribution >= 0.6 is 0 Å². The normalized spacial score (nSPS) is 53.9. The molecule has 0 aromatic heterocycles. The minimum atomic E-state index is -1.92. The molecule has 29 atom stereocenters. The molecule has 0 aromatic carbocycles. The van der Waals surface area contributed by atoms with Crippen molar-refractivity contribution >= 4 is 5.97 Å². The number of rotatable bonds is 12. The van der Waals surface area contributed by atoms with Gasteiger partial charge in [0.25, 0.3) is 0 Å². The number of aliphatic hydroxyl groups is 14. The van der Waals surface area contributed by atoms with E-state index in [1.807, 2.05) is 0 Å². The Morgan fingerprint density at radius 1 is 0.628 bits per heavy atom. The number of esters is 1. The Bertz CT molecular complexity index is 2150. The largest absolute Gasteiger partial charge is 0.459 e. The summed E-state index contributed by atoms with van der Waals surface area (Å²) in [5.41, 5.74) is -3.20. The van der Waals surface area contributed by atoms with Gasteiger partial charge in [0.2, 0.25) is 0 Å². The summed E-state index contributed by atoms with van der Waals surface area (Å²) in [6.45, 7) is 13.2. The van der Waals surface area contributed by atoms with E-state index >= 15 is 0 Å². The van der Waals surface area contributed by atoms with Crippen LogP contribution in [0.4, 0.5) is 0 Å². The fraction of sp³-hybridized carbons (Fsp3) is 0.944. The van der Waals surface area contributed by atoms with Gasteiger partial charge in [-0.3, -0.25) is 4.79 Å². The molecule has 4 heterocycles. The van der Waals surface area contributed by atoms with Crippen LogP contribution in [-0.2, 0) is 47.4 Å². The minimum Gasteiger partial charge on any atom is -0.459 e. The fourth-order valence-corrected chi connectivity index (χ4v) is 16.7. The smallest absolute Gasteiger partial charge is 0.303 e. The lowest BCUT2D eigenvalue weighted by molar-refractivity contribution is -0.392. The molecule has 448 valence electrons. The lowest BCUT2D eigenvalue weighted by Crippen LogP contribution is -2.74. The molecular formula is C54H88O24. The molecule has 0 bridgehead atoms. The third kappa shape index (κ3) is 9.67. The van der Waals surface area contributed by atoms with E-state index in [0.717, 1.165) is 5.57 Å². The molecule has 78 heavy (non-hydrogen) atoms. The molecule has 0 aromatic rings. The summed E-state index contributed by atoms with van der Waals surface area (Å²) in [6.07, 6.45) is -28.4. The number of hydrogen-bond donors (Lipinski definition) is 14. The van der Waals surface area contributed by atoms with Crippen molar-refractivity contribution in [3.63, 3.8) is 0 Å². The third-order valence-corrected chi connectivity index (χ3v) is 21.2. The molecule has 0 radical (unpaired) electrons. The van der Waals surface area contributed by atoms with Crippen LogP contribution in [0.3, 0.4) is 0 Å². The van der Waals surface area contributed by atoms with Crippen molar-refractivity contribution in [1.29, 1.82) is 0 Å². The summed E-state index contributed by atoms with van der Waals surface area (Å²) < 4.78 is 54.7. The van der Waals surface area contributed by atoms with Gasteiger partial charge in [-0.1, -0.05) is 60.1 Å². The second-order valence-electron chi connectivity index (χ2n) is 26.3. The van der Waals surface area contributed by atoms with Gasteiger partial charge < -0.3 is 114 Å². The highest BCUT2D eigenvalue weighted by molar-refractivity contribution is 5.66. The molecule has 24 nitrogen and oxygen atoms in total. The molecule has 9 aliphatic rings. The Morgan fingerprint density at radius 2 is 1.23 bits per heavy atom. The highest BCUT2D eigenvalue weighted by Gasteiger charge is 2.75. The lowest BCUT2D eigenvalue weighted by atomic mass is 9.32. The molecule has 5 aliphatic carbocycles. The first-order valence-electron chi connectivity index (χ1n) is 27.8. The van der Waals surface area contributed by atoms with Crippen LogP contribution < -0.4 is 0 Å². The standard InChI is InChI=1S/C54H88O24/c1-22(58)72-44-43(69)53(8)23(24-15-49(2,3)16-31(60)54(24,44)21-57)9-10-30-51(6)13-12-32(50(4,5)29(51)11-14-52(30,53)7)76-47-41(78-46-40(68)37(65)34(62)26(17-55)73-46)36(64)28(20-71-47)75-48-42(38(66)35(63)27(18-56)74-48)77-45-39(67)33(61)25(59)19-70-45/h9,24-48,55-57,59-69H,10-21H2,1-8H3/t24-,25+,26+,27+,28-,29-,30+,31-,32-,33-,34+,35+,36-,37-,38-,39+,40+,41+,42+,43-,44+,45-,46-,47-,48-,51-,52+,53-,54+/m0/s1. The molecule has 0 unspecified atom stereocenters. The number of fused-ring (bicyclic) bond motifs is 7. The zero-order valence-electron chi connectivity index (χ0n) is 45.8. The van der Waals surface area contributed by atoms with E-state index in [9.17, 15) is 76.3 Å². The predicted molar refractivity (Wildman–Crippen MR) is 264 cm³/mol. The van der Waals surface area contributed by atoms with Crippen molar-refractivity contribution in [3.8, 4) is 0 Å². The maximum absolute atomic E-state index is 12.9. The molecule has 9 rings (SSSR count). The van der Waals surface area contributed by atoms with Crippen molar-refractivity contribution < 1.29 is 119 Å². The predicted octanol–water partition coefficient (Wildman–Crippen LogP) is -2.80. The van der Waals surface area contributed by atoms with Crippen molar-refractivity contribution in [1.82, 2.24) is 0 Å². The zero-order valence-corrected chi connectivity index (χ0v) is 45.8. The Kier molecular flexibility index (Phi) is 17.2. The zero-order chi connectivity index (χ0) is 57.1. The van der Waals surface area contributed by atoms with Gasteiger partial charge in [0, 0.05) is 12.3 Å². The Hall–Kier alpha value is -1.67. The van der Waals surface area contributed by atoms with Crippen molar-refractivity contribution in [3.05, 3.63) is 11.6 Å². The van der Waals surface area contributed by atoms with Crippen molar-refractivity contribution in [2.75, 3.05) is 33.0 Å². The van der Waals surface area contributed by atoms with Gasteiger partial charge in [-0.15, -0.1) is 0 Å². The highest BCUT2D eigenvalue weighted by atomic mass is 16.8. The van der Waals surface area contributed by atoms with Crippen LogP contribution in [0.25, 0.3) is 0 Å². The molecule has 4 saturated carbocycles. The topological polar surface area (TPSA) is 383 Å². The van der Waals surface area contributed by atoms with Crippen LogP contribution in [0, 0.1) is 50.2 Å². The average Bonchev–Trinajstić information content (AvgIpc) is 3.26. The number of carbonyl (C=O) groups excluding carboxylic acids is 1. The van der Waals surface area contributed by atoms with Crippen LogP contribution in [0.2, 0.25) is 0 Å². The maximum atomic E-state index is 12.9. The van der Waals surface area contributed by atoms with Crippen molar-refractivity contribution in [2.45, 2.75) is 235 Å². The van der Waals surface area contributed by atoms with Gasteiger partial charge in [-0.25, -0.2) is 0 Å². The summed E-state index contributed by atoms with van der Waals surface area (Å²) >= 11 is 0. The second kappa shape index (κ2) is 22.1. The molecule has 8 fully saturated rings. The van der Waals surface area contributed by atoms with Gasteiger partial charge in [-0.05, 0) is 84.4 Å². The van der Waals surface area contributed by atoms with Crippen LogP contribution in [-0.4, -0.2) is 246 Å². The molecule has 4 aliphatic heterocycles. The molecule has 0 amide bonds. The average molecular weight is 1120 g/mol. The molecule has 14 N–H and O–H groups in total. The highest BCUT2D eigenvalue weighted by Crippen LogP contribution is 2.76. The second-order valence-corrected chi connectivity index (χ2v) is 26.3. The van der Waals surface area contributed by atoms with Crippen molar-refractivity contribution in [2.24, 2.45) is 50.2 Å². The fourth-order valence-electron chi connectivity index (χ4n) is 16.7. The molecule has 0 spiro atoms. The van der Waals surface area contributed by atoms with E-state index in [1.54, 1.807) is 0 Å². The maximum Gasteiger partial charge on any atom is 0.303 e. The number of aliphatic hydroxyl groups excluding tert-OH is 14. The van der Waals surface area contributed by atoms with Gasteiger partial charge in [0.05, 0.1) is 50.7 Å². The van der Waals surface area contributed by atoms with E-state index in [0.29, 0.717) is 44.9 Å². The van der Waals surface area contributed by atoms with Crippen LogP contribution in [0.15, 0.2) is 11.6 Å². The third-order valence-electron chi connectivity index (χ3n) is 21.2. The van der Waals surface area contributed by atoms with Gasteiger partial charge in [-0.2, -0.15) is 0 Å². The SMILES string of the molecule is CC(=O)O[C@@H]1[C@H](O)[C@]2(C)C(=CC[C@@H]3[C@@]4(C)CC[C@H](O[C@@H]5OC[C@H](O[C@@H]6O[C@H](CO)[C@@H](O)[C@H](O)[C@H]6O[C@@H]6OC[C@@H](O)[C@H](O)[C@H]6O)[C@H](O)[C@H]5O[C@@H]5O[C@H](CO)[C@@H](O)[C@H](O)[C@H]5O)C(C)(C)[C@@H]4CC[C@]32C)[C@@H]2CC(C)(C)C[C@H](O)[C@]12CO. The van der Waals surface area contributed by atoms with E-state index in [1.165, 1.54) is 6.92 Å². The molecule has 24 heteroatoms. The number of allylic oxidation sites excluding steroid dienone is 1. The summed E-state index contributed by atoms with van der Waals surface area (Å²) in [5.74, 6) is -1.05. The van der Waals surface area contributed by atoms with Gasteiger partial charge in [0.1, 0.15) is 97.7 Å². The quantitative estimate of drug-likeness (QED) is 0.0533. The first-order valence-corrected chi connectivity index (χ1v) is 27.8. The summed E-state index contributed by atoms with van der Waals surface area (Å²) in [7, 11) is 0. The summed E-state index contributed by atoms with van der Waals surface area (Å²) in [5, 5.41) is 155. The summed E-state index contributed by atoms with van der Waals surface area (Å²) in [6, 6.07) is 0. The molecule has 4 saturated heterocycles. The van der Waals surface area contributed by atoms with Gasteiger partial charge in [0.15, 0.2) is 25.2 Å². The Balaban J connectivity index is 0.993. The number of ether oxygens (including phenoxy) is 9. The lowest BCUT2D eigenvalue weighted by Gasteiger charge is -2.73. The first-order chi connectivity index (χ1) is 36.5. The molecular weight excluding hydrogens is 1030 g/mol. The van der Waals surface area contributed by atoms with Crippen LogP contribution in [0.1, 0.15) is 100 Å². The number of hydrogen-bond acceptors (Lipinski definition) is 24. The van der Waals surface area contributed by atoms with E-state index < -0.39 is 202 Å². The monoisotopic (exact) mass is 1120 g/mol. The summed E-state index contributed by atoms with van der Waals surface area (Å²) in [4.78, 5) is 12.9. The van der Waals surface area contributed by atoms with Gasteiger partial charge >= 0.3 is 5.97 Å². The number of carbonyl (C=O) groups is 1. The van der Waals surface area contributed by atoms with E-state index in [4.69, 9.17) is 42.6 Å². The van der Waals surface area contributed by atoms with Crippen LogP contribution in [0.5, 0.6) is 0 Å². The van der Waals surface area contributed by atoms with E-state index in [-0.39, 0.29) is 22.7 Å². The Labute approximate surface area is 454 Å².